The van der Waals surface area contributed by atoms with Crippen LogP contribution in [0, 0.1) is 5.92 Å². The van der Waals surface area contributed by atoms with Gasteiger partial charge in [-0.2, -0.15) is 0 Å². The zero-order chi connectivity index (χ0) is 6.69. The predicted molar refractivity (Wildman–Crippen MR) is 33.6 cm³/mol. The second-order valence-corrected chi connectivity index (χ2v) is 2.67. The van der Waals surface area contributed by atoms with Crippen molar-refractivity contribution in [1.29, 1.82) is 0 Å². The Labute approximate surface area is 52.1 Å². The molecule has 1 saturated carbocycles. The molecule has 1 aliphatic carbocycles. The summed E-state index contributed by atoms with van der Waals surface area (Å²) in [6.07, 6.45) is 3.90. The van der Waals surface area contributed by atoms with Gasteiger partial charge in [0.05, 0.1) is 6.10 Å². The van der Waals surface area contributed by atoms with Gasteiger partial charge in [0.25, 0.3) is 0 Å². The number of hydrogen-bond acceptors (Lipinski definition) is 1. The highest BCUT2D eigenvalue weighted by Crippen LogP contribution is 2.22. The fraction of sp³-hybridized carbons (Fsp3) is 1.00. The van der Waals surface area contributed by atoms with Crippen molar-refractivity contribution < 1.29 is 6.48 Å². The number of aliphatic hydroxyl groups is 1. The van der Waals surface area contributed by atoms with E-state index in [1.165, 1.54) is 0 Å². The van der Waals surface area contributed by atoms with Crippen LogP contribution in [0.3, 0.4) is 0 Å². The maximum Gasteiger partial charge on any atom is 0.0540 e. The normalized spacial score (nSPS) is 41.4. The summed E-state index contributed by atoms with van der Waals surface area (Å²) >= 11 is 0. The van der Waals surface area contributed by atoms with Crippen molar-refractivity contribution in [2.45, 2.75) is 38.7 Å². The quantitative estimate of drug-likeness (QED) is 0.509. The molecule has 0 heterocycles. The Morgan fingerprint density at radius 1 is 1.38 bits per heavy atom. The van der Waals surface area contributed by atoms with Crippen LogP contribution in [0.5, 0.6) is 0 Å². The van der Waals surface area contributed by atoms with E-state index in [4.69, 9.17) is 6.48 Å². The van der Waals surface area contributed by atoms with Crippen LogP contribution in [-0.4, -0.2) is 11.2 Å². The molecule has 0 bridgehead atoms. The van der Waals surface area contributed by atoms with Gasteiger partial charge in [-0.3, -0.25) is 0 Å². The first-order chi connectivity index (χ1) is 4.33. The third kappa shape index (κ3) is 1.48. The van der Waals surface area contributed by atoms with Crippen LogP contribution in [-0.2, 0) is 0 Å². The molecule has 48 valence electrons. The van der Waals surface area contributed by atoms with Crippen LogP contribution in [0.1, 0.15) is 34.0 Å². The van der Waals surface area contributed by atoms with Gasteiger partial charge in [-0.25, -0.2) is 0 Å². The zero-order valence-electron chi connectivity index (χ0n) is 6.14. The Balaban J connectivity index is 2.18. The van der Waals surface area contributed by atoms with Crippen LogP contribution in [0.25, 0.3) is 0 Å². The molecular weight excluding hydrogens is 100 g/mol. The molecule has 1 heteroatoms. The maximum absolute atomic E-state index is 9.06. The van der Waals surface area contributed by atoms with E-state index in [9.17, 15) is 0 Å². The first kappa shape index (κ1) is 4.80. The van der Waals surface area contributed by atoms with Crippen molar-refractivity contribution in [3.05, 3.63) is 0 Å². The molecule has 1 aliphatic rings. The third-order valence-electron chi connectivity index (χ3n) is 1.82. The monoisotopic (exact) mass is 116 g/mol. The van der Waals surface area contributed by atoms with Gasteiger partial charge in [0.15, 0.2) is 0 Å². The Bertz CT molecular complexity index is 77.0. The summed E-state index contributed by atoms with van der Waals surface area (Å²) in [5.41, 5.74) is 0. The van der Waals surface area contributed by atoms with Crippen LogP contribution in [0.2, 0.25) is 0 Å². The minimum atomic E-state index is -0.0622. The first-order valence-electron chi connectivity index (χ1n) is 4.01. The van der Waals surface area contributed by atoms with E-state index in [1.807, 2.05) is 0 Å². The van der Waals surface area contributed by atoms with Crippen molar-refractivity contribution in [3.8, 4) is 0 Å². The lowest BCUT2D eigenvalue weighted by molar-refractivity contribution is 0.112. The standard InChI is InChI=1S/C7H14O/c1-6-2-4-7(8)5-3-6/h6-8H,2-5H2,1H3/i1T. The second kappa shape index (κ2) is 2.49. The predicted octanol–water partition coefficient (Wildman–Crippen LogP) is 1.56. The minimum Gasteiger partial charge on any atom is -0.393 e. The molecule has 1 fully saturated rings. The Morgan fingerprint density at radius 3 is 2.50 bits per heavy atom. The van der Waals surface area contributed by atoms with E-state index in [0.29, 0.717) is 12.8 Å². The van der Waals surface area contributed by atoms with Gasteiger partial charge in [0.2, 0.25) is 0 Å². The Kier molecular flexibility index (Phi) is 1.50. The lowest BCUT2D eigenvalue weighted by Gasteiger charge is -2.21. The minimum absolute atomic E-state index is 0.0622. The smallest absolute Gasteiger partial charge is 0.0540 e. The summed E-state index contributed by atoms with van der Waals surface area (Å²) in [7, 11) is 0. The summed E-state index contributed by atoms with van der Waals surface area (Å²) in [4.78, 5) is 0. The molecule has 0 aromatic carbocycles. The fourth-order valence-corrected chi connectivity index (χ4v) is 1.14. The van der Waals surface area contributed by atoms with E-state index in [-0.39, 0.29) is 6.10 Å². The molecule has 1 N–H and O–H groups in total. The van der Waals surface area contributed by atoms with Crippen molar-refractivity contribution in [2.24, 2.45) is 5.92 Å². The van der Waals surface area contributed by atoms with Gasteiger partial charge < -0.3 is 5.11 Å². The second-order valence-electron chi connectivity index (χ2n) is 2.67. The molecular formula is C7H14O. The molecule has 0 aromatic heterocycles. The highest BCUT2D eigenvalue weighted by Gasteiger charge is 2.14. The lowest BCUT2D eigenvalue weighted by atomic mass is 9.89. The Morgan fingerprint density at radius 2 is 2.00 bits per heavy atom. The van der Waals surface area contributed by atoms with Gasteiger partial charge >= 0.3 is 0 Å². The first-order valence-corrected chi connectivity index (χ1v) is 3.30. The molecule has 1 nitrogen and oxygen atoms in total. The molecule has 0 atom stereocenters. The molecule has 0 amide bonds. The van der Waals surface area contributed by atoms with E-state index >= 15 is 0 Å². The topological polar surface area (TPSA) is 20.2 Å². The van der Waals surface area contributed by atoms with Crippen molar-refractivity contribution >= 4 is 0 Å². The molecule has 0 spiro atoms. The maximum atomic E-state index is 9.06. The molecule has 1 rings (SSSR count). The summed E-state index contributed by atoms with van der Waals surface area (Å²) in [6, 6.07) is 0. The van der Waals surface area contributed by atoms with Crippen LogP contribution in [0.15, 0.2) is 0 Å². The Hall–Kier alpha value is -0.0400. The molecule has 0 radical (unpaired) electrons. The lowest BCUT2D eigenvalue weighted by Crippen LogP contribution is -2.15. The van der Waals surface area contributed by atoms with Gasteiger partial charge in [0.1, 0.15) is 0 Å². The van der Waals surface area contributed by atoms with Gasteiger partial charge in [-0.05, 0) is 31.6 Å². The van der Waals surface area contributed by atoms with E-state index in [1.54, 1.807) is 0 Å². The number of aliphatic hydroxyl groups excluding tert-OH is 1. The summed E-state index contributed by atoms with van der Waals surface area (Å²) < 4.78 is 7.08. The summed E-state index contributed by atoms with van der Waals surface area (Å²) in [5.74, 6) is 0.577. The largest absolute Gasteiger partial charge is 0.393 e. The van der Waals surface area contributed by atoms with Crippen molar-refractivity contribution in [1.82, 2.24) is 0 Å². The zero-order valence-corrected chi connectivity index (χ0v) is 5.14. The van der Waals surface area contributed by atoms with E-state index in [0.717, 1.165) is 25.7 Å². The van der Waals surface area contributed by atoms with Crippen molar-refractivity contribution in [3.63, 3.8) is 0 Å². The fourth-order valence-electron chi connectivity index (χ4n) is 1.14. The van der Waals surface area contributed by atoms with Crippen LogP contribution in [0.4, 0.5) is 0 Å². The number of rotatable bonds is 0. The van der Waals surface area contributed by atoms with E-state index < -0.39 is 0 Å². The van der Waals surface area contributed by atoms with Gasteiger partial charge in [-0.1, -0.05) is 6.90 Å². The molecule has 0 saturated heterocycles. The van der Waals surface area contributed by atoms with Crippen LogP contribution >= 0.6 is 0 Å². The molecule has 0 unspecified atom stereocenters. The SMILES string of the molecule is [3H]CC1CCC(O)CC1. The van der Waals surface area contributed by atoms with Gasteiger partial charge in [-0.15, -0.1) is 0 Å². The average Bonchev–Trinajstić information content (AvgIpc) is 1.90. The molecule has 0 aromatic rings. The highest BCUT2D eigenvalue weighted by molar-refractivity contribution is 4.67. The van der Waals surface area contributed by atoms with E-state index in [2.05, 4.69) is 0 Å². The van der Waals surface area contributed by atoms with Crippen molar-refractivity contribution in [2.75, 3.05) is 0 Å². The summed E-state index contributed by atoms with van der Waals surface area (Å²) in [5, 5.41) is 9.06. The van der Waals surface area contributed by atoms with Crippen LogP contribution < -0.4 is 0 Å². The average molecular weight is 116 g/mol. The highest BCUT2D eigenvalue weighted by atomic mass is 16.3. The summed E-state index contributed by atoms with van der Waals surface area (Å²) in [6.45, 7) is 0.548. The molecule has 0 aliphatic heterocycles. The number of hydrogen-bond donors (Lipinski definition) is 1. The molecule has 8 heavy (non-hydrogen) atoms. The van der Waals surface area contributed by atoms with Gasteiger partial charge in [0, 0.05) is 1.37 Å². The third-order valence-corrected chi connectivity index (χ3v) is 1.82.